The molecule has 0 fully saturated rings. The van der Waals surface area contributed by atoms with Crippen LogP contribution in [0.25, 0.3) is 0 Å². The Bertz CT molecular complexity index is 664. The van der Waals surface area contributed by atoms with Gasteiger partial charge in [0, 0.05) is 12.8 Å². The van der Waals surface area contributed by atoms with E-state index in [0.29, 0.717) is 12.8 Å². The summed E-state index contributed by atoms with van der Waals surface area (Å²) in [6, 6.07) is 0. The van der Waals surface area contributed by atoms with E-state index in [1.165, 1.54) is 180 Å². The average molecular weight is 681 g/mol. The molecular weight excluding hydrogens is 596 g/mol. The highest BCUT2D eigenvalue weighted by Gasteiger charge is 2.12. The second-order valence-corrected chi connectivity index (χ2v) is 15.3. The van der Waals surface area contributed by atoms with Gasteiger partial charge in [-0.25, -0.2) is 0 Å². The summed E-state index contributed by atoms with van der Waals surface area (Å²) >= 11 is 0. The zero-order valence-corrected chi connectivity index (χ0v) is 32.7. The van der Waals surface area contributed by atoms with Crippen molar-refractivity contribution in [3.8, 4) is 0 Å². The number of unbranched alkanes of at least 4 members (excludes halogenated alkanes) is 29. The van der Waals surface area contributed by atoms with Gasteiger partial charge in [-0.05, 0) is 18.8 Å². The van der Waals surface area contributed by atoms with Gasteiger partial charge < -0.3 is 14.6 Å². The number of aliphatic hydroxyl groups is 1. The predicted octanol–water partition coefficient (Wildman–Crippen LogP) is 13.4. The topological polar surface area (TPSA) is 72.8 Å². The molecule has 0 aliphatic rings. The number of carbonyl (C=O) groups is 2. The van der Waals surface area contributed by atoms with E-state index in [9.17, 15) is 14.7 Å². The fraction of sp³-hybridized carbons (Fsp3) is 0.953. The summed E-state index contributed by atoms with van der Waals surface area (Å²) in [5.41, 5.74) is 0. The largest absolute Gasteiger partial charge is 0.463 e. The first kappa shape index (κ1) is 46.9. The molecule has 48 heavy (non-hydrogen) atoms. The normalized spacial score (nSPS) is 12.1. The van der Waals surface area contributed by atoms with Gasteiger partial charge in [-0.3, -0.25) is 9.59 Å². The van der Waals surface area contributed by atoms with Crippen LogP contribution in [0.5, 0.6) is 0 Å². The van der Waals surface area contributed by atoms with Gasteiger partial charge in [0.2, 0.25) is 0 Å². The van der Waals surface area contributed by atoms with Crippen LogP contribution in [0, 0.1) is 5.92 Å². The van der Waals surface area contributed by atoms with Gasteiger partial charge >= 0.3 is 11.9 Å². The first-order valence-electron chi connectivity index (χ1n) is 21.4. The van der Waals surface area contributed by atoms with Crippen molar-refractivity contribution >= 4 is 11.9 Å². The molecule has 0 radical (unpaired) electrons. The van der Waals surface area contributed by atoms with Gasteiger partial charge in [0.25, 0.3) is 0 Å². The van der Waals surface area contributed by atoms with Crippen molar-refractivity contribution < 1.29 is 24.2 Å². The fourth-order valence-electron chi connectivity index (χ4n) is 6.51. The van der Waals surface area contributed by atoms with Crippen LogP contribution < -0.4 is 0 Å². The minimum atomic E-state index is -0.956. The molecule has 5 nitrogen and oxygen atoms in total. The van der Waals surface area contributed by atoms with Crippen molar-refractivity contribution in [1.82, 2.24) is 0 Å². The molecule has 0 unspecified atom stereocenters. The number of ether oxygens (including phenoxy) is 2. The molecule has 0 heterocycles. The lowest BCUT2D eigenvalue weighted by molar-refractivity contribution is -0.152. The molecule has 0 aromatic rings. The molecule has 0 aromatic carbocycles. The van der Waals surface area contributed by atoms with Crippen LogP contribution in [0.2, 0.25) is 0 Å². The van der Waals surface area contributed by atoms with Crippen molar-refractivity contribution in [3.05, 3.63) is 0 Å². The molecule has 5 heteroatoms. The average Bonchev–Trinajstić information content (AvgIpc) is 3.07. The highest BCUT2D eigenvalue weighted by Crippen LogP contribution is 2.16. The Morgan fingerprint density at radius 1 is 0.417 bits per heavy atom. The molecule has 1 N–H and O–H groups in total. The Hall–Kier alpha value is -1.10. The Morgan fingerprint density at radius 3 is 0.938 bits per heavy atom. The minimum absolute atomic E-state index is 0.108. The number of aliphatic hydroxyl groups excluding tert-OH is 1. The molecule has 0 bridgehead atoms. The zero-order valence-electron chi connectivity index (χ0n) is 32.7. The number of esters is 2. The molecule has 286 valence electrons. The van der Waals surface area contributed by atoms with E-state index in [0.717, 1.165) is 31.6 Å². The third kappa shape index (κ3) is 39.3. The van der Waals surface area contributed by atoms with Crippen LogP contribution in [0.15, 0.2) is 0 Å². The minimum Gasteiger partial charge on any atom is -0.463 e. The van der Waals surface area contributed by atoms with Crippen LogP contribution >= 0.6 is 0 Å². The van der Waals surface area contributed by atoms with Crippen molar-refractivity contribution in [2.45, 2.75) is 245 Å². The maximum absolute atomic E-state index is 12.0. The van der Waals surface area contributed by atoms with Gasteiger partial charge in [0.05, 0.1) is 0 Å². The lowest BCUT2D eigenvalue weighted by Crippen LogP contribution is -2.25. The lowest BCUT2D eigenvalue weighted by atomic mass is 10.0. The summed E-state index contributed by atoms with van der Waals surface area (Å²) in [6.07, 6.45) is 41.7. The summed E-state index contributed by atoms with van der Waals surface area (Å²) in [4.78, 5) is 24.0. The number of carbonyl (C=O) groups excluding carboxylic acids is 2. The lowest BCUT2D eigenvalue weighted by Gasteiger charge is -2.12. The van der Waals surface area contributed by atoms with E-state index in [1.54, 1.807) is 0 Å². The molecule has 1 atom stereocenters. The summed E-state index contributed by atoms with van der Waals surface area (Å²) in [6.45, 7) is 6.68. The molecule has 0 amide bonds. The van der Waals surface area contributed by atoms with Crippen LogP contribution in [0.4, 0.5) is 0 Å². The molecule has 0 saturated carbocycles. The first-order chi connectivity index (χ1) is 23.5. The van der Waals surface area contributed by atoms with Crippen molar-refractivity contribution in [1.29, 1.82) is 0 Å². The van der Waals surface area contributed by atoms with Gasteiger partial charge in [-0.2, -0.15) is 0 Å². The second-order valence-electron chi connectivity index (χ2n) is 15.3. The van der Waals surface area contributed by atoms with Crippen LogP contribution in [0.3, 0.4) is 0 Å². The van der Waals surface area contributed by atoms with Crippen LogP contribution in [0.1, 0.15) is 239 Å². The Labute approximate surface area is 299 Å². The Kier molecular flexibility index (Phi) is 37.8. The highest BCUT2D eigenvalue weighted by molar-refractivity contribution is 5.69. The van der Waals surface area contributed by atoms with E-state index in [1.807, 2.05) is 0 Å². The molecule has 0 rings (SSSR count). The maximum atomic E-state index is 12.0. The van der Waals surface area contributed by atoms with E-state index in [4.69, 9.17) is 9.47 Å². The van der Waals surface area contributed by atoms with E-state index >= 15 is 0 Å². The SMILES string of the molecule is CCCCCCCCCCCCCCCCCCCCCC(=O)OC[C@H](O)COC(=O)CCCCCCCCCCCCCCC(C)C. The monoisotopic (exact) mass is 681 g/mol. The molecular formula is C43H84O5. The third-order valence-electron chi connectivity index (χ3n) is 9.77. The maximum Gasteiger partial charge on any atom is 0.305 e. The van der Waals surface area contributed by atoms with E-state index < -0.39 is 6.10 Å². The fourth-order valence-corrected chi connectivity index (χ4v) is 6.51. The van der Waals surface area contributed by atoms with E-state index in [2.05, 4.69) is 20.8 Å². The molecule has 0 saturated heterocycles. The quantitative estimate of drug-likeness (QED) is 0.0517. The first-order valence-corrected chi connectivity index (χ1v) is 21.4. The molecule has 0 aliphatic heterocycles. The smallest absolute Gasteiger partial charge is 0.305 e. The highest BCUT2D eigenvalue weighted by atomic mass is 16.6. The van der Waals surface area contributed by atoms with Crippen molar-refractivity contribution in [2.75, 3.05) is 13.2 Å². The summed E-state index contributed by atoms with van der Waals surface area (Å²) in [5, 5.41) is 10.0. The van der Waals surface area contributed by atoms with Gasteiger partial charge in [0.1, 0.15) is 19.3 Å². The van der Waals surface area contributed by atoms with E-state index in [-0.39, 0.29) is 25.2 Å². The van der Waals surface area contributed by atoms with Gasteiger partial charge in [0.15, 0.2) is 0 Å². The number of hydrogen-bond acceptors (Lipinski definition) is 5. The third-order valence-corrected chi connectivity index (χ3v) is 9.77. The standard InChI is InChI=1S/C43H84O5/c1-4-5-6-7-8-9-10-11-12-13-14-15-16-17-21-24-27-30-33-36-42(45)47-38-41(44)39-48-43(46)37-34-31-28-25-22-19-18-20-23-26-29-32-35-40(2)3/h40-41,44H,4-39H2,1-3H3/t41-/m0/s1. The van der Waals surface area contributed by atoms with Gasteiger partial charge in [-0.15, -0.1) is 0 Å². The summed E-state index contributed by atoms with van der Waals surface area (Å²) in [7, 11) is 0. The Morgan fingerprint density at radius 2 is 0.667 bits per heavy atom. The van der Waals surface area contributed by atoms with Crippen molar-refractivity contribution in [2.24, 2.45) is 5.92 Å². The zero-order chi connectivity index (χ0) is 35.2. The molecule has 0 aromatic heterocycles. The summed E-state index contributed by atoms with van der Waals surface area (Å²) < 4.78 is 10.4. The van der Waals surface area contributed by atoms with Crippen LogP contribution in [-0.2, 0) is 19.1 Å². The molecule has 0 spiro atoms. The van der Waals surface area contributed by atoms with Crippen molar-refractivity contribution in [3.63, 3.8) is 0 Å². The predicted molar refractivity (Wildman–Crippen MR) is 205 cm³/mol. The number of rotatable bonds is 39. The molecule has 0 aliphatic carbocycles. The number of hydrogen-bond donors (Lipinski definition) is 1. The summed E-state index contributed by atoms with van der Waals surface area (Å²) in [5.74, 6) is 0.293. The second kappa shape index (κ2) is 38.7. The van der Waals surface area contributed by atoms with Gasteiger partial charge in [-0.1, -0.05) is 213 Å². The Balaban J connectivity index is 3.36. The van der Waals surface area contributed by atoms with Crippen LogP contribution in [-0.4, -0.2) is 36.4 Å².